The van der Waals surface area contributed by atoms with Gasteiger partial charge in [0.25, 0.3) is 0 Å². The highest BCUT2D eigenvalue weighted by Crippen LogP contribution is 2.06. The first-order valence-electron chi connectivity index (χ1n) is 5.16. The summed E-state index contributed by atoms with van der Waals surface area (Å²) >= 11 is 0. The molecular weight excluding hydrogens is 255 g/mol. The number of carbonyl (C=O) groups excluding carboxylic acids is 1. The second kappa shape index (κ2) is 8.43. The summed E-state index contributed by atoms with van der Waals surface area (Å²) in [5.41, 5.74) is 0. The second-order valence-corrected chi connectivity index (χ2v) is 3.01. The topological polar surface area (TPSA) is 43.1 Å². The van der Waals surface area contributed by atoms with Crippen molar-refractivity contribution in [2.45, 2.75) is 19.9 Å². The summed E-state index contributed by atoms with van der Waals surface area (Å²) in [6.45, 7) is 2.80. The number of aromatic nitrogens is 2. The van der Waals surface area contributed by atoms with E-state index in [0.717, 1.165) is 0 Å². The van der Waals surface area contributed by atoms with E-state index >= 15 is 0 Å². The van der Waals surface area contributed by atoms with E-state index in [1.54, 1.807) is 17.8 Å². The number of esters is 1. The van der Waals surface area contributed by atoms with Crippen LogP contribution in [0.25, 0.3) is 0 Å². The van der Waals surface area contributed by atoms with Gasteiger partial charge in [0.1, 0.15) is 6.42 Å². The molecule has 0 aliphatic heterocycles. The molecule has 9 heteroatoms. The first-order chi connectivity index (χ1) is 8.33. The Labute approximate surface area is 102 Å². The first-order valence-corrected chi connectivity index (χ1v) is 5.16. The fourth-order valence-corrected chi connectivity index (χ4v) is 0.933. The molecule has 0 radical (unpaired) electrons. The highest BCUT2D eigenvalue weighted by Gasteiger charge is 2.20. The first kappa shape index (κ1) is 16.3. The molecule has 4 nitrogen and oxygen atoms in total. The Kier molecular flexibility index (Phi) is 7.65. The molecule has 1 rings (SSSR count). The van der Waals surface area contributed by atoms with Crippen molar-refractivity contribution in [3.05, 3.63) is 24.5 Å². The van der Waals surface area contributed by atoms with Gasteiger partial charge in [-0.3, -0.25) is 4.79 Å². The molecule has 18 heavy (non-hydrogen) atoms. The predicted octanol–water partition coefficient (Wildman–Crippen LogP) is 1.62. The van der Waals surface area contributed by atoms with E-state index < -0.39 is 7.25 Å². The molecule has 0 aromatic carbocycles. The molecule has 0 atom stereocenters. The van der Waals surface area contributed by atoms with Gasteiger partial charge in [-0.15, -0.1) is 0 Å². The Morgan fingerprint density at radius 2 is 1.94 bits per heavy atom. The van der Waals surface area contributed by atoms with Crippen molar-refractivity contribution in [3.8, 4) is 0 Å². The van der Waals surface area contributed by atoms with E-state index in [1.165, 1.54) is 0 Å². The van der Waals surface area contributed by atoms with Gasteiger partial charge in [0.2, 0.25) is 0 Å². The molecule has 0 saturated carbocycles. The number of hydrogen-bond donors (Lipinski definition) is 0. The molecule has 0 unspecified atom stereocenters. The van der Waals surface area contributed by atoms with Gasteiger partial charge >= 0.3 is 13.2 Å². The van der Waals surface area contributed by atoms with Crippen LogP contribution in [0.5, 0.6) is 0 Å². The third-order valence-electron chi connectivity index (χ3n) is 1.52. The summed E-state index contributed by atoms with van der Waals surface area (Å²) in [6.07, 6.45) is 3.87. The molecule has 1 aromatic rings. The third kappa shape index (κ3) is 12.4. The molecule has 102 valence electrons. The second-order valence-electron chi connectivity index (χ2n) is 3.01. The minimum absolute atomic E-state index is 0.180. The quantitative estimate of drug-likeness (QED) is 0.360. The van der Waals surface area contributed by atoms with Crippen LogP contribution in [-0.2, 0) is 16.1 Å². The minimum atomic E-state index is -6.00. The van der Waals surface area contributed by atoms with Crippen molar-refractivity contribution in [2.75, 3.05) is 6.61 Å². The average molecular weight is 268 g/mol. The molecule has 0 aliphatic rings. The highest BCUT2D eigenvalue weighted by atomic mass is 19.5. The SMILES string of the molecule is CCOC(=O)CC[n+]1ccccn1.F[B-](F)(F)F. The summed E-state index contributed by atoms with van der Waals surface area (Å²) in [4.78, 5) is 11.0. The lowest BCUT2D eigenvalue weighted by molar-refractivity contribution is -0.753. The summed E-state index contributed by atoms with van der Waals surface area (Å²) in [5.74, 6) is -0.180. The van der Waals surface area contributed by atoms with Crippen LogP contribution in [-0.4, -0.2) is 24.9 Å². The predicted molar refractivity (Wildman–Crippen MR) is 55.9 cm³/mol. The van der Waals surface area contributed by atoms with Gasteiger partial charge in [-0.05, 0) is 18.1 Å². The number of rotatable bonds is 4. The largest absolute Gasteiger partial charge is 0.673 e. The van der Waals surface area contributed by atoms with Crippen molar-refractivity contribution in [3.63, 3.8) is 0 Å². The van der Waals surface area contributed by atoms with Crippen molar-refractivity contribution >= 4 is 13.2 Å². The van der Waals surface area contributed by atoms with Gasteiger partial charge in [-0.2, -0.15) is 0 Å². The highest BCUT2D eigenvalue weighted by molar-refractivity contribution is 6.50. The summed E-state index contributed by atoms with van der Waals surface area (Å²) in [7, 11) is -6.00. The Hall–Kier alpha value is -1.67. The number of ether oxygens (including phenoxy) is 1. The van der Waals surface area contributed by atoms with Crippen molar-refractivity contribution in [1.82, 2.24) is 5.10 Å². The lowest BCUT2D eigenvalue weighted by atomic mass is 10.3. The fourth-order valence-electron chi connectivity index (χ4n) is 0.933. The number of hydrogen-bond acceptors (Lipinski definition) is 3. The molecule has 0 N–H and O–H groups in total. The van der Waals surface area contributed by atoms with E-state index in [4.69, 9.17) is 4.74 Å². The van der Waals surface area contributed by atoms with Crippen LogP contribution in [0.4, 0.5) is 17.3 Å². The normalized spacial score (nSPS) is 10.3. The average Bonchev–Trinajstić information content (AvgIpc) is 2.26. The van der Waals surface area contributed by atoms with Crippen molar-refractivity contribution < 1.29 is 31.5 Å². The van der Waals surface area contributed by atoms with E-state index in [9.17, 15) is 22.1 Å². The number of aryl methyl sites for hydroxylation is 1. The molecule has 1 heterocycles. The molecule has 0 saturated heterocycles. The molecule has 0 fully saturated rings. The summed E-state index contributed by atoms with van der Waals surface area (Å²) in [5, 5.41) is 4.02. The lowest BCUT2D eigenvalue weighted by Gasteiger charge is -1.97. The number of carbonyl (C=O) groups is 1. The monoisotopic (exact) mass is 268 g/mol. The van der Waals surface area contributed by atoms with Crippen molar-refractivity contribution in [1.29, 1.82) is 0 Å². The third-order valence-corrected chi connectivity index (χ3v) is 1.52. The lowest BCUT2D eigenvalue weighted by Crippen LogP contribution is -2.38. The molecule has 0 aliphatic carbocycles. The van der Waals surface area contributed by atoms with Crippen molar-refractivity contribution in [2.24, 2.45) is 0 Å². The van der Waals surface area contributed by atoms with Gasteiger partial charge in [0, 0.05) is 6.07 Å². The molecule has 0 spiro atoms. The standard InChI is InChI=1S/C9H13N2O2.BF4/c1-2-13-9(12)5-8-11-7-4-3-6-10-11;2-1(3,4)5/h3-4,6-7H,2,5,8H2,1H3;/q+1;-1. The van der Waals surface area contributed by atoms with Gasteiger partial charge < -0.3 is 22.0 Å². The van der Waals surface area contributed by atoms with Gasteiger partial charge in [0.05, 0.1) is 12.8 Å². The number of nitrogens with zero attached hydrogens (tertiary/aromatic N) is 2. The van der Waals surface area contributed by atoms with Crippen LogP contribution in [0.2, 0.25) is 0 Å². The van der Waals surface area contributed by atoms with E-state index in [2.05, 4.69) is 5.10 Å². The Bertz CT molecular complexity index is 342. The zero-order valence-electron chi connectivity index (χ0n) is 9.73. The molecule has 0 amide bonds. The van der Waals surface area contributed by atoms with E-state index in [0.29, 0.717) is 19.6 Å². The zero-order valence-corrected chi connectivity index (χ0v) is 9.73. The van der Waals surface area contributed by atoms with Crippen LogP contribution in [0.1, 0.15) is 13.3 Å². The van der Waals surface area contributed by atoms with Crippen LogP contribution in [0, 0.1) is 0 Å². The summed E-state index contributed by atoms with van der Waals surface area (Å²) in [6, 6.07) is 3.71. The maximum absolute atomic E-state index is 11.0. The maximum atomic E-state index is 11.0. The minimum Gasteiger partial charge on any atom is -0.466 e. The Morgan fingerprint density at radius 3 is 2.39 bits per heavy atom. The van der Waals surface area contributed by atoms with E-state index in [1.807, 2.05) is 18.3 Å². The molecular formula is C9H13BF4N2O2. The van der Waals surface area contributed by atoms with Crippen LogP contribution in [0.15, 0.2) is 24.5 Å². The Morgan fingerprint density at radius 1 is 1.33 bits per heavy atom. The van der Waals surface area contributed by atoms with Gasteiger partial charge in [0.15, 0.2) is 12.7 Å². The van der Waals surface area contributed by atoms with Crippen LogP contribution >= 0.6 is 0 Å². The molecule has 0 bridgehead atoms. The maximum Gasteiger partial charge on any atom is 0.673 e. The van der Waals surface area contributed by atoms with Gasteiger partial charge in [-0.1, -0.05) is 4.68 Å². The molecule has 1 aromatic heterocycles. The Balaban J connectivity index is 0.000000494. The number of halogens is 4. The van der Waals surface area contributed by atoms with Crippen LogP contribution in [0.3, 0.4) is 0 Å². The zero-order chi connectivity index (χ0) is 14.0. The van der Waals surface area contributed by atoms with Crippen LogP contribution < -0.4 is 4.68 Å². The summed E-state index contributed by atoms with van der Waals surface area (Å²) < 4.78 is 45.5. The van der Waals surface area contributed by atoms with E-state index in [-0.39, 0.29) is 5.97 Å². The van der Waals surface area contributed by atoms with Gasteiger partial charge in [-0.25, -0.2) is 0 Å². The smallest absolute Gasteiger partial charge is 0.466 e. The fraction of sp³-hybridized carbons (Fsp3) is 0.444.